The minimum absolute atomic E-state index is 0.0728. The fourth-order valence-corrected chi connectivity index (χ4v) is 5.13. The summed E-state index contributed by atoms with van der Waals surface area (Å²) in [5.41, 5.74) is 10.9. The second-order valence-electron chi connectivity index (χ2n) is 10.4. The number of rotatable bonds is 15. The van der Waals surface area contributed by atoms with E-state index in [4.69, 9.17) is 0 Å². The van der Waals surface area contributed by atoms with Crippen LogP contribution < -0.4 is 16.2 Å². The molecule has 3 atom stereocenters. The highest BCUT2D eigenvalue weighted by molar-refractivity contribution is 5.79. The Bertz CT molecular complexity index is 928. The number of nitrogens with zero attached hydrogens (tertiary/aromatic N) is 1. The predicted octanol–water partition coefficient (Wildman–Crippen LogP) is 8.44. The van der Waals surface area contributed by atoms with Crippen LogP contribution in [0.5, 0.6) is 0 Å². The van der Waals surface area contributed by atoms with E-state index in [-0.39, 0.29) is 18.0 Å². The summed E-state index contributed by atoms with van der Waals surface area (Å²) < 4.78 is 0. The summed E-state index contributed by atoms with van der Waals surface area (Å²) in [4.78, 5) is 15.1. The van der Waals surface area contributed by atoms with Crippen molar-refractivity contribution in [3.8, 4) is 0 Å². The van der Waals surface area contributed by atoms with Crippen LogP contribution >= 0.6 is 0 Å². The van der Waals surface area contributed by atoms with Gasteiger partial charge in [-0.3, -0.25) is 10.2 Å². The Morgan fingerprint density at radius 1 is 0.927 bits per heavy atom. The zero-order valence-corrected chi connectivity index (χ0v) is 27.2. The molecule has 1 aliphatic rings. The Kier molecular flexibility index (Phi) is 20.6. The van der Waals surface area contributed by atoms with E-state index >= 15 is 0 Å². The Morgan fingerprint density at radius 3 is 2.29 bits per heavy atom. The highest BCUT2D eigenvalue weighted by atomic mass is 16.2. The summed E-state index contributed by atoms with van der Waals surface area (Å²) >= 11 is 0. The van der Waals surface area contributed by atoms with Crippen LogP contribution in [0.25, 0.3) is 0 Å². The molecule has 1 fully saturated rings. The summed E-state index contributed by atoms with van der Waals surface area (Å²) in [6.07, 6.45) is 13.6. The Labute approximate surface area is 252 Å². The van der Waals surface area contributed by atoms with Crippen molar-refractivity contribution in [1.29, 1.82) is 0 Å². The maximum Gasteiger partial charge on any atom is 0.237 e. The van der Waals surface area contributed by atoms with Crippen LogP contribution in [0.15, 0.2) is 66.7 Å². The Balaban J connectivity index is 0.00000201. The maximum atomic E-state index is 13.1. The monoisotopic (exact) mass is 564 g/mol. The minimum Gasteiger partial charge on any atom is -0.335 e. The third kappa shape index (κ3) is 13.8. The lowest BCUT2D eigenvalue weighted by atomic mass is 9.95. The van der Waals surface area contributed by atoms with Gasteiger partial charge in [0, 0.05) is 19.1 Å². The fourth-order valence-electron chi connectivity index (χ4n) is 5.13. The molecule has 1 amide bonds. The number of benzene rings is 2. The molecular weight excluding hydrogens is 504 g/mol. The van der Waals surface area contributed by atoms with E-state index in [1.54, 1.807) is 0 Å². The second-order valence-corrected chi connectivity index (χ2v) is 10.4. The zero-order chi connectivity index (χ0) is 30.3. The minimum atomic E-state index is 0.0728. The van der Waals surface area contributed by atoms with E-state index in [2.05, 4.69) is 103 Å². The summed E-state index contributed by atoms with van der Waals surface area (Å²) in [5.74, 6) is 0.190. The molecule has 3 rings (SSSR count). The van der Waals surface area contributed by atoms with Crippen molar-refractivity contribution in [2.24, 2.45) is 0 Å². The summed E-state index contributed by atoms with van der Waals surface area (Å²) in [5, 5.41) is 3.36. The largest absolute Gasteiger partial charge is 0.335 e. The molecule has 0 aliphatic carbocycles. The molecule has 2 aromatic carbocycles. The number of carbonyl (C=O) groups excluding carboxylic acids is 1. The van der Waals surface area contributed by atoms with Crippen LogP contribution in [0.1, 0.15) is 122 Å². The molecule has 41 heavy (non-hydrogen) atoms. The van der Waals surface area contributed by atoms with E-state index in [1.165, 1.54) is 55.2 Å². The van der Waals surface area contributed by atoms with Crippen LogP contribution in [-0.4, -0.2) is 36.5 Å². The molecule has 1 saturated heterocycles. The van der Waals surface area contributed by atoms with Crippen molar-refractivity contribution in [2.45, 2.75) is 118 Å². The average molecular weight is 565 g/mol. The third-order valence-electron chi connectivity index (χ3n) is 7.30. The van der Waals surface area contributed by atoms with Gasteiger partial charge in [-0.2, -0.15) is 0 Å². The highest BCUT2D eigenvalue weighted by Gasteiger charge is 2.27. The highest BCUT2D eigenvalue weighted by Crippen LogP contribution is 2.30. The smallest absolute Gasteiger partial charge is 0.237 e. The predicted molar refractivity (Wildman–Crippen MR) is 178 cm³/mol. The molecule has 1 heterocycles. The molecule has 0 bridgehead atoms. The molecule has 5 nitrogen and oxygen atoms in total. The molecule has 0 spiro atoms. The lowest BCUT2D eigenvalue weighted by molar-refractivity contribution is -0.134. The molecule has 230 valence electrons. The van der Waals surface area contributed by atoms with E-state index in [1.807, 2.05) is 33.8 Å². The lowest BCUT2D eigenvalue weighted by Gasteiger charge is -2.36. The number of hydrogen-bond donors (Lipinski definition) is 3. The first-order chi connectivity index (χ1) is 20.1. The summed E-state index contributed by atoms with van der Waals surface area (Å²) in [7, 11) is 0. The van der Waals surface area contributed by atoms with Gasteiger partial charge in [-0.1, -0.05) is 133 Å². The lowest BCUT2D eigenvalue weighted by Crippen LogP contribution is -2.43. The van der Waals surface area contributed by atoms with Crippen LogP contribution in [0.2, 0.25) is 0 Å². The van der Waals surface area contributed by atoms with Gasteiger partial charge in [0.05, 0.1) is 18.6 Å². The van der Waals surface area contributed by atoms with E-state index in [0.717, 1.165) is 19.4 Å². The molecule has 0 aromatic heterocycles. The number of amides is 1. The molecule has 2 aromatic rings. The van der Waals surface area contributed by atoms with Crippen molar-refractivity contribution in [1.82, 2.24) is 21.1 Å². The molecule has 0 saturated carbocycles. The summed E-state index contributed by atoms with van der Waals surface area (Å²) in [6, 6.07) is 19.9. The van der Waals surface area contributed by atoms with Gasteiger partial charge in [-0.05, 0) is 50.2 Å². The number of unbranched alkanes of at least 4 members (excludes halogenated alkanes) is 1. The van der Waals surface area contributed by atoms with Gasteiger partial charge in [0.15, 0.2) is 0 Å². The van der Waals surface area contributed by atoms with Crippen LogP contribution in [0, 0.1) is 6.92 Å². The number of hydrazine groups is 1. The SMILES string of the molecule is CC.CC.CCCCC(CCC)NNC(/C=C/CNCC(=O)N1CCCCC1c1ccccc1)c1ccc(C)cc1. The first kappa shape index (κ1) is 36.6. The Hall–Kier alpha value is -2.47. The van der Waals surface area contributed by atoms with Gasteiger partial charge < -0.3 is 10.2 Å². The second kappa shape index (κ2) is 23.1. The number of nitrogens with one attached hydrogen (secondary N) is 3. The van der Waals surface area contributed by atoms with Gasteiger partial charge in [-0.25, -0.2) is 5.43 Å². The topological polar surface area (TPSA) is 56.4 Å². The van der Waals surface area contributed by atoms with Crippen LogP contribution in [0.3, 0.4) is 0 Å². The van der Waals surface area contributed by atoms with Crippen molar-refractivity contribution in [3.05, 3.63) is 83.4 Å². The number of piperidine rings is 1. The van der Waals surface area contributed by atoms with Crippen molar-refractivity contribution < 1.29 is 4.79 Å². The first-order valence-corrected chi connectivity index (χ1v) is 16.4. The Morgan fingerprint density at radius 2 is 1.63 bits per heavy atom. The van der Waals surface area contributed by atoms with Gasteiger partial charge in [0.2, 0.25) is 5.91 Å². The fraction of sp³-hybridized carbons (Fsp3) is 0.583. The third-order valence-corrected chi connectivity index (χ3v) is 7.30. The van der Waals surface area contributed by atoms with Gasteiger partial charge in [0.1, 0.15) is 0 Å². The van der Waals surface area contributed by atoms with Gasteiger partial charge in [0.25, 0.3) is 0 Å². The number of aryl methyl sites for hydroxylation is 1. The van der Waals surface area contributed by atoms with E-state index < -0.39 is 0 Å². The standard InChI is InChI=1S/C32H48N4O.2C2H6/c1-4-6-16-29(13-5-2)34-35-30(27-21-19-26(3)20-22-27)17-12-23-33-25-32(37)36-24-11-10-18-31(36)28-14-8-7-9-15-28;2*1-2/h7-9,12,14-15,17,19-22,29-31,33-35H,4-6,10-11,13,16,18,23-25H2,1-3H3;2*1-2H3/b17-12+;;. The number of likely N-dealkylation sites (tertiary alicyclic amines) is 1. The van der Waals surface area contributed by atoms with E-state index in [9.17, 15) is 4.79 Å². The molecular formula is C36H60N4O. The normalized spacial score (nSPS) is 16.3. The van der Waals surface area contributed by atoms with Crippen LogP contribution in [0.4, 0.5) is 0 Å². The van der Waals surface area contributed by atoms with Gasteiger partial charge in [-0.15, -0.1) is 0 Å². The number of carbonyl (C=O) groups is 1. The van der Waals surface area contributed by atoms with Crippen molar-refractivity contribution in [3.63, 3.8) is 0 Å². The maximum absolute atomic E-state index is 13.1. The summed E-state index contributed by atoms with van der Waals surface area (Å²) in [6.45, 7) is 16.5. The zero-order valence-electron chi connectivity index (χ0n) is 27.2. The van der Waals surface area contributed by atoms with Crippen molar-refractivity contribution in [2.75, 3.05) is 19.6 Å². The molecule has 3 unspecified atom stereocenters. The molecule has 3 N–H and O–H groups in total. The molecule has 5 heteroatoms. The van der Waals surface area contributed by atoms with Gasteiger partial charge >= 0.3 is 0 Å². The first-order valence-electron chi connectivity index (χ1n) is 16.4. The van der Waals surface area contributed by atoms with E-state index in [0.29, 0.717) is 19.1 Å². The van der Waals surface area contributed by atoms with Crippen molar-refractivity contribution >= 4 is 5.91 Å². The number of hydrogen-bond acceptors (Lipinski definition) is 4. The quantitative estimate of drug-likeness (QED) is 0.115. The molecule has 0 radical (unpaired) electrons. The molecule has 1 aliphatic heterocycles. The average Bonchev–Trinajstić information content (AvgIpc) is 3.03. The van der Waals surface area contributed by atoms with Crippen LogP contribution in [-0.2, 0) is 4.79 Å².